The molecule has 0 saturated carbocycles. The molecule has 1 atom stereocenters. The van der Waals surface area contributed by atoms with Crippen LogP contribution in [0.15, 0.2) is 11.8 Å². The summed E-state index contributed by atoms with van der Waals surface area (Å²) in [6, 6.07) is 0. The molecule has 1 rings (SSSR count). The second kappa shape index (κ2) is 4.52. The zero-order valence-corrected chi connectivity index (χ0v) is 11.6. The lowest BCUT2D eigenvalue weighted by molar-refractivity contribution is -0.120. The quantitative estimate of drug-likeness (QED) is 0.677. The van der Waals surface area contributed by atoms with E-state index in [1.54, 1.807) is 0 Å². The highest BCUT2D eigenvalue weighted by Gasteiger charge is 2.31. The molecule has 0 heterocycles. The van der Waals surface area contributed by atoms with Gasteiger partial charge in [0.2, 0.25) is 9.04 Å². The average molecular weight is 226 g/mol. The maximum atomic E-state index is 11.8. The standard InChI is InChI=1S/C12H22O2Si/c1-12(2,3)9-6-7-11(10(13)8-9)14-15(4)5/h7,9,15H,6,8H2,1-5H3. The van der Waals surface area contributed by atoms with Crippen LogP contribution in [0.5, 0.6) is 0 Å². The van der Waals surface area contributed by atoms with Crippen molar-refractivity contribution in [3.05, 3.63) is 11.8 Å². The van der Waals surface area contributed by atoms with Gasteiger partial charge in [-0.15, -0.1) is 0 Å². The highest BCUT2D eigenvalue weighted by Crippen LogP contribution is 2.35. The fourth-order valence-corrected chi connectivity index (χ4v) is 2.53. The first-order valence-electron chi connectivity index (χ1n) is 5.70. The van der Waals surface area contributed by atoms with Gasteiger partial charge in [0, 0.05) is 6.42 Å². The Bertz CT molecular complexity index is 274. The third-order valence-corrected chi connectivity index (χ3v) is 3.61. The van der Waals surface area contributed by atoms with E-state index in [0.717, 1.165) is 6.42 Å². The first-order chi connectivity index (χ1) is 6.80. The molecule has 0 amide bonds. The van der Waals surface area contributed by atoms with Crippen molar-refractivity contribution >= 4 is 14.8 Å². The van der Waals surface area contributed by atoms with E-state index in [0.29, 0.717) is 18.1 Å². The topological polar surface area (TPSA) is 26.3 Å². The van der Waals surface area contributed by atoms with Crippen LogP contribution in [-0.2, 0) is 9.22 Å². The summed E-state index contributed by atoms with van der Waals surface area (Å²) < 4.78 is 5.61. The number of rotatable bonds is 2. The molecule has 0 aromatic carbocycles. The molecule has 0 aromatic heterocycles. The fourth-order valence-electron chi connectivity index (χ4n) is 1.80. The van der Waals surface area contributed by atoms with E-state index in [4.69, 9.17) is 4.43 Å². The zero-order valence-electron chi connectivity index (χ0n) is 10.5. The summed E-state index contributed by atoms with van der Waals surface area (Å²) >= 11 is 0. The SMILES string of the molecule is C[SiH](C)OC1=CCC(C(C)(C)C)CC1=O. The van der Waals surface area contributed by atoms with Gasteiger partial charge in [-0.2, -0.15) is 0 Å². The highest BCUT2D eigenvalue weighted by atomic mass is 28.3. The minimum Gasteiger partial charge on any atom is -0.545 e. The second-order valence-corrected chi connectivity index (χ2v) is 7.99. The summed E-state index contributed by atoms with van der Waals surface area (Å²) in [6.45, 7) is 10.8. The summed E-state index contributed by atoms with van der Waals surface area (Å²) in [6.07, 6.45) is 3.62. The molecule has 0 aliphatic heterocycles. The summed E-state index contributed by atoms with van der Waals surface area (Å²) in [5.41, 5.74) is 0.215. The van der Waals surface area contributed by atoms with Gasteiger partial charge in [0.1, 0.15) is 5.76 Å². The molecular weight excluding hydrogens is 204 g/mol. The van der Waals surface area contributed by atoms with Gasteiger partial charge in [-0.05, 0) is 36.9 Å². The molecule has 15 heavy (non-hydrogen) atoms. The fraction of sp³-hybridized carbons (Fsp3) is 0.750. The van der Waals surface area contributed by atoms with Crippen LogP contribution in [0.3, 0.4) is 0 Å². The van der Waals surface area contributed by atoms with Gasteiger partial charge in [0.05, 0.1) is 0 Å². The molecular formula is C12H22O2Si. The molecule has 1 aliphatic carbocycles. The van der Waals surface area contributed by atoms with Crippen LogP contribution in [0.2, 0.25) is 13.1 Å². The molecule has 0 bridgehead atoms. The number of ketones is 1. The Morgan fingerprint density at radius 1 is 1.40 bits per heavy atom. The molecule has 0 saturated heterocycles. The van der Waals surface area contributed by atoms with Crippen molar-refractivity contribution in [1.29, 1.82) is 0 Å². The summed E-state index contributed by atoms with van der Waals surface area (Å²) in [4.78, 5) is 11.8. The van der Waals surface area contributed by atoms with Crippen molar-refractivity contribution in [2.75, 3.05) is 0 Å². The maximum Gasteiger partial charge on any atom is 0.229 e. The Kier molecular flexibility index (Phi) is 3.76. The van der Waals surface area contributed by atoms with Crippen LogP contribution in [0, 0.1) is 11.3 Å². The first kappa shape index (κ1) is 12.5. The minimum atomic E-state index is -1.13. The number of allylic oxidation sites excluding steroid dienone is 2. The monoisotopic (exact) mass is 226 g/mol. The van der Waals surface area contributed by atoms with Gasteiger partial charge in [-0.3, -0.25) is 4.79 Å². The van der Waals surface area contributed by atoms with E-state index in [-0.39, 0.29) is 11.2 Å². The van der Waals surface area contributed by atoms with Gasteiger partial charge in [-0.25, -0.2) is 0 Å². The van der Waals surface area contributed by atoms with Gasteiger partial charge in [0.25, 0.3) is 0 Å². The van der Waals surface area contributed by atoms with Gasteiger partial charge in [-0.1, -0.05) is 20.8 Å². The molecule has 86 valence electrons. The van der Waals surface area contributed by atoms with E-state index < -0.39 is 9.04 Å². The predicted octanol–water partition coefficient (Wildman–Crippen LogP) is 2.90. The van der Waals surface area contributed by atoms with E-state index in [9.17, 15) is 4.79 Å². The smallest absolute Gasteiger partial charge is 0.229 e. The van der Waals surface area contributed by atoms with Crippen LogP contribution < -0.4 is 0 Å². The third-order valence-electron chi connectivity index (χ3n) is 2.88. The molecule has 0 spiro atoms. The van der Waals surface area contributed by atoms with Crippen molar-refractivity contribution in [2.24, 2.45) is 11.3 Å². The highest BCUT2D eigenvalue weighted by molar-refractivity contribution is 6.49. The molecule has 1 aliphatic rings. The van der Waals surface area contributed by atoms with Crippen molar-refractivity contribution in [1.82, 2.24) is 0 Å². The van der Waals surface area contributed by atoms with Crippen LogP contribution in [0.25, 0.3) is 0 Å². The lowest BCUT2D eigenvalue weighted by Crippen LogP contribution is -2.28. The molecule has 0 fully saturated rings. The van der Waals surface area contributed by atoms with Gasteiger partial charge < -0.3 is 4.43 Å². The number of hydrogen-bond acceptors (Lipinski definition) is 2. The van der Waals surface area contributed by atoms with E-state index in [1.165, 1.54) is 0 Å². The first-order valence-corrected chi connectivity index (χ1v) is 8.49. The third kappa shape index (κ3) is 3.49. The van der Waals surface area contributed by atoms with Crippen molar-refractivity contribution in [3.63, 3.8) is 0 Å². The lowest BCUT2D eigenvalue weighted by atomic mass is 9.74. The van der Waals surface area contributed by atoms with Crippen LogP contribution >= 0.6 is 0 Å². The van der Waals surface area contributed by atoms with Gasteiger partial charge >= 0.3 is 0 Å². The Morgan fingerprint density at radius 3 is 2.40 bits per heavy atom. The molecule has 0 radical (unpaired) electrons. The Balaban J connectivity index is 2.68. The maximum absolute atomic E-state index is 11.8. The second-order valence-electron chi connectivity index (χ2n) is 5.66. The molecule has 3 heteroatoms. The summed E-state index contributed by atoms with van der Waals surface area (Å²) in [5.74, 6) is 1.30. The lowest BCUT2D eigenvalue weighted by Gasteiger charge is -2.32. The Hall–Kier alpha value is -0.573. The van der Waals surface area contributed by atoms with Gasteiger partial charge in [0.15, 0.2) is 5.78 Å². The largest absolute Gasteiger partial charge is 0.545 e. The van der Waals surface area contributed by atoms with E-state index >= 15 is 0 Å². The van der Waals surface area contributed by atoms with E-state index in [2.05, 4.69) is 33.9 Å². The van der Waals surface area contributed by atoms with E-state index in [1.807, 2.05) is 6.08 Å². The van der Waals surface area contributed by atoms with Crippen molar-refractivity contribution < 1.29 is 9.22 Å². The Morgan fingerprint density at radius 2 is 2.00 bits per heavy atom. The van der Waals surface area contributed by atoms with Crippen LogP contribution in [-0.4, -0.2) is 14.8 Å². The van der Waals surface area contributed by atoms with Crippen LogP contribution in [0.4, 0.5) is 0 Å². The zero-order chi connectivity index (χ0) is 11.6. The minimum absolute atomic E-state index is 0.197. The van der Waals surface area contributed by atoms with Crippen LogP contribution in [0.1, 0.15) is 33.6 Å². The molecule has 0 aromatic rings. The molecule has 1 unspecified atom stereocenters. The number of carbonyl (C=O) groups is 1. The molecule has 0 N–H and O–H groups in total. The number of Topliss-reactive ketones (excluding diaryl/α,β-unsaturated/α-hetero) is 1. The average Bonchev–Trinajstić information content (AvgIpc) is 2.05. The predicted molar refractivity (Wildman–Crippen MR) is 65.2 cm³/mol. The summed E-state index contributed by atoms with van der Waals surface area (Å²) in [7, 11) is -1.13. The number of carbonyl (C=O) groups excluding carboxylic acids is 1. The normalized spacial score (nSPS) is 22.9. The number of hydrogen-bond donors (Lipinski definition) is 0. The summed E-state index contributed by atoms with van der Waals surface area (Å²) in [5, 5.41) is 0. The Labute approximate surface area is 94.4 Å². The van der Waals surface area contributed by atoms with Crippen molar-refractivity contribution in [2.45, 2.75) is 46.7 Å². The van der Waals surface area contributed by atoms with Crippen molar-refractivity contribution in [3.8, 4) is 0 Å². The molecule has 2 nitrogen and oxygen atoms in total.